The minimum atomic E-state index is 0.0660. The topological polar surface area (TPSA) is 59.2 Å². The predicted octanol–water partition coefficient (Wildman–Crippen LogP) is 4.03. The first kappa shape index (κ1) is 16.9. The maximum atomic E-state index is 13.0. The van der Waals surface area contributed by atoms with E-state index in [2.05, 4.69) is 11.9 Å². The molecule has 23 heavy (non-hydrogen) atoms. The summed E-state index contributed by atoms with van der Waals surface area (Å²) in [6, 6.07) is 3.94. The zero-order chi connectivity index (χ0) is 16.6. The maximum absolute atomic E-state index is 13.0. The number of hydrogen-bond donors (Lipinski definition) is 1. The maximum Gasteiger partial charge on any atom is 0.266 e. The minimum Gasteiger partial charge on any atom is -0.334 e. The monoisotopic (exact) mass is 369 g/mol. The molecule has 2 aromatic heterocycles. The molecule has 7 heteroatoms. The van der Waals surface area contributed by atoms with Gasteiger partial charge in [-0.1, -0.05) is 18.5 Å². The van der Waals surface area contributed by atoms with Crippen molar-refractivity contribution in [3.63, 3.8) is 0 Å². The third-order valence-corrected chi connectivity index (χ3v) is 6.83. The van der Waals surface area contributed by atoms with Gasteiger partial charge in [-0.3, -0.25) is 4.79 Å². The second-order valence-corrected chi connectivity index (χ2v) is 8.77. The van der Waals surface area contributed by atoms with E-state index in [1.165, 1.54) is 22.7 Å². The number of thiophene rings is 1. The Hall–Kier alpha value is -0.950. The van der Waals surface area contributed by atoms with Gasteiger partial charge in [0.2, 0.25) is 0 Å². The third-order valence-electron chi connectivity index (χ3n) is 4.29. The molecule has 2 atom stereocenters. The van der Waals surface area contributed by atoms with Gasteiger partial charge in [0.05, 0.1) is 14.9 Å². The Bertz CT molecular complexity index is 712. The summed E-state index contributed by atoms with van der Waals surface area (Å²) < 4.78 is 0.731. The quantitative estimate of drug-likeness (QED) is 0.888. The van der Waals surface area contributed by atoms with Crippen LogP contribution in [-0.2, 0) is 0 Å². The predicted molar refractivity (Wildman–Crippen MR) is 97.5 cm³/mol. The van der Waals surface area contributed by atoms with E-state index in [4.69, 9.17) is 17.3 Å². The molecular formula is C16H20ClN3OS2. The van der Waals surface area contributed by atoms with E-state index in [1.807, 2.05) is 24.0 Å². The van der Waals surface area contributed by atoms with Crippen LogP contribution in [0.5, 0.6) is 0 Å². The number of rotatable bonds is 3. The second-order valence-electron chi connectivity index (χ2n) is 6.05. The molecule has 0 aliphatic carbocycles. The molecule has 0 aromatic carbocycles. The van der Waals surface area contributed by atoms with E-state index < -0.39 is 0 Å². The number of carbonyl (C=O) groups excluding carboxylic acids is 1. The first-order valence-electron chi connectivity index (χ1n) is 7.73. The number of piperidine rings is 1. The average Bonchev–Trinajstić information content (AvgIpc) is 3.12. The summed E-state index contributed by atoms with van der Waals surface area (Å²) in [5, 5.41) is 0.859. The molecule has 124 valence electrons. The van der Waals surface area contributed by atoms with Gasteiger partial charge < -0.3 is 10.6 Å². The molecule has 0 saturated carbocycles. The van der Waals surface area contributed by atoms with Gasteiger partial charge in [-0.25, -0.2) is 4.98 Å². The van der Waals surface area contributed by atoms with Gasteiger partial charge in [-0.2, -0.15) is 0 Å². The molecule has 1 amide bonds. The fourth-order valence-corrected chi connectivity index (χ4v) is 5.12. The van der Waals surface area contributed by atoms with Gasteiger partial charge in [0, 0.05) is 19.1 Å². The molecule has 1 fully saturated rings. The van der Waals surface area contributed by atoms with E-state index >= 15 is 0 Å². The van der Waals surface area contributed by atoms with Crippen LogP contribution in [0.15, 0.2) is 12.1 Å². The van der Waals surface area contributed by atoms with Gasteiger partial charge in [0.15, 0.2) is 0 Å². The summed E-state index contributed by atoms with van der Waals surface area (Å²) in [7, 11) is 0. The van der Waals surface area contributed by atoms with Gasteiger partial charge in [0.1, 0.15) is 9.88 Å². The van der Waals surface area contributed by atoms with E-state index in [-0.39, 0.29) is 11.9 Å². The van der Waals surface area contributed by atoms with Gasteiger partial charge >= 0.3 is 0 Å². The Kier molecular flexibility index (Phi) is 5.06. The van der Waals surface area contributed by atoms with Crippen LogP contribution in [0.4, 0.5) is 0 Å². The van der Waals surface area contributed by atoms with E-state index in [9.17, 15) is 4.79 Å². The summed E-state index contributed by atoms with van der Waals surface area (Å²) in [5.41, 5.74) is 6.68. The third kappa shape index (κ3) is 3.45. The minimum absolute atomic E-state index is 0.0660. The summed E-state index contributed by atoms with van der Waals surface area (Å²) in [6.07, 6.45) is 2.01. The molecule has 0 radical (unpaired) electrons. The Labute approximate surface area is 149 Å². The summed E-state index contributed by atoms with van der Waals surface area (Å²) in [6.45, 7) is 5.41. The molecule has 4 nitrogen and oxygen atoms in total. The molecule has 1 saturated heterocycles. The fraction of sp³-hybridized carbons (Fsp3) is 0.500. The van der Waals surface area contributed by atoms with Gasteiger partial charge in [-0.05, 0) is 37.8 Å². The number of halogens is 1. The number of aryl methyl sites for hydroxylation is 1. The zero-order valence-electron chi connectivity index (χ0n) is 13.2. The van der Waals surface area contributed by atoms with Crippen LogP contribution in [0.1, 0.15) is 35.1 Å². The highest BCUT2D eigenvalue weighted by Crippen LogP contribution is 2.36. The van der Waals surface area contributed by atoms with Crippen LogP contribution in [0.3, 0.4) is 0 Å². The molecule has 3 rings (SSSR count). The normalized spacial score (nSPS) is 21.7. The lowest BCUT2D eigenvalue weighted by Gasteiger charge is -2.37. The number of carbonyl (C=O) groups is 1. The molecule has 2 unspecified atom stereocenters. The molecular weight excluding hydrogens is 350 g/mol. The standard InChI is InChI=1S/C16H20ClN3OS2/c1-9-5-6-20(11(7-9)8-18)16(21)14-10(2)19-15(23-14)12-3-4-13(17)22-12/h3-4,9,11H,5-8,18H2,1-2H3. The second kappa shape index (κ2) is 6.89. The van der Waals surface area contributed by atoms with Crippen molar-refractivity contribution in [2.24, 2.45) is 11.7 Å². The van der Waals surface area contributed by atoms with Crippen molar-refractivity contribution in [3.05, 3.63) is 27.0 Å². The van der Waals surface area contributed by atoms with Crippen molar-refractivity contribution in [1.29, 1.82) is 0 Å². The van der Waals surface area contributed by atoms with Crippen molar-refractivity contribution >= 4 is 40.2 Å². The highest BCUT2D eigenvalue weighted by molar-refractivity contribution is 7.24. The molecule has 2 N–H and O–H groups in total. The van der Waals surface area contributed by atoms with Gasteiger partial charge in [0.25, 0.3) is 5.91 Å². The first-order valence-corrected chi connectivity index (χ1v) is 9.75. The van der Waals surface area contributed by atoms with Crippen LogP contribution in [0.25, 0.3) is 9.88 Å². The van der Waals surface area contributed by atoms with Crippen molar-refractivity contribution in [1.82, 2.24) is 9.88 Å². The van der Waals surface area contributed by atoms with Crippen molar-refractivity contribution in [2.75, 3.05) is 13.1 Å². The van der Waals surface area contributed by atoms with Crippen molar-refractivity contribution in [2.45, 2.75) is 32.7 Å². The Morgan fingerprint density at radius 3 is 2.91 bits per heavy atom. The molecule has 0 spiro atoms. The van der Waals surface area contributed by atoms with Crippen LogP contribution in [0.2, 0.25) is 4.34 Å². The van der Waals surface area contributed by atoms with E-state index in [1.54, 1.807) is 0 Å². The summed E-state index contributed by atoms with van der Waals surface area (Å²) in [4.78, 5) is 21.2. The zero-order valence-corrected chi connectivity index (χ0v) is 15.6. The molecule has 2 aromatic rings. The van der Waals surface area contributed by atoms with Crippen LogP contribution >= 0.6 is 34.3 Å². The Morgan fingerprint density at radius 2 is 2.26 bits per heavy atom. The highest BCUT2D eigenvalue weighted by atomic mass is 35.5. The molecule has 1 aliphatic rings. The number of likely N-dealkylation sites (tertiary alicyclic amines) is 1. The number of aromatic nitrogens is 1. The fourth-order valence-electron chi connectivity index (χ4n) is 3.00. The van der Waals surface area contributed by atoms with Gasteiger partial charge in [-0.15, -0.1) is 22.7 Å². The van der Waals surface area contributed by atoms with Crippen LogP contribution < -0.4 is 5.73 Å². The molecule has 0 bridgehead atoms. The Balaban J connectivity index is 1.86. The van der Waals surface area contributed by atoms with E-state index in [0.29, 0.717) is 12.5 Å². The number of hydrogen-bond acceptors (Lipinski definition) is 5. The average molecular weight is 370 g/mol. The number of nitrogens with two attached hydrogens (primary N) is 1. The van der Waals surface area contributed by atoms with Crippen LogP contribution in [-0.4, -0.2) is 34.9 Å². The number of amides is 1. The van der Waals surface area contributed by atoms with E-state index in [0.717, 1.165) is 44.2 Å². The summed E-state index contributed by atoms with van der Waals surface area (Å²) in [5.74, 6) is 0.690. The summed E-state index contributed by atoms with van der Waals surface area (Å²) >= 11 is 8.93. The largest absolute Gasteiger partial charge is 0.334 e. The van der Waals surface area contributed by atoms with Crippen molar-refractivity contribution in [3.8, 4) is 9.88 Å². The molecule has 1 aliphatic heterocycles. The first-order chi connectivity index (χ1) is 11.0. The molecule has 3 heterocycles. The smallest absolute Gasteiger partial charge is 0.266 e. The lowest BCUT2D eigenvalue weighted by atomic mass is 9.92. The SMILES string of the molecule is Cc1nc(-c2ccc(Cl)s2)sc1C(=O)N1CCC(C)CC1CN. The van der Waals surface area contributed by atoms with Crippen molar-refractivity contribution < 1.29 is 4.79 Å². The van der Waals surface area contributed by atoms with Crippen LogP contribution in [0, 0.1) is 12.8 Å². The lowest BCUT2D eigenvalue weighted by Crippen LogP contribution is -2.49. The lowest BCUT2D eigenvalue weighted by molar-refractivity contribution is 0.0577. The number of thiazole rings is 1. The number of nitrogens with zero attached hydrogens (tertiary/aromatic N) is 2. The Morgan fingerprint density at radius 1 is 1.48 bits per heavy atom. The highest BCUT2D eigenvalue weighted by Gasteiger charge is 2.31.